The number of anilines is 1. The zero-order valence-electron chi connectivity index (χ0n) is 14.2. The lowest BCUT2D eigenvalue weighted by molar-refractivity contribution is -0.115. The van der Waals surface area contributed by atoms with Gasteiger partial charge in [0.05, 0.1) is 12.5 Å². The van der Waals surface area contributed by atoms with E-state index in [9.17, 15) is 4.79 Å². The number of benzene rings is 3. The number of hydrogen-bond acceptors (Lipinski definition) is 2. The Labute approximate surface area is 153 Å². The normalized spacial score (nSPS) is 10.4. The molecular weight excluding hydrogens is 320 g/mol. The molecule has 126 valence electrons. The van der Waals surface area contributed by atoms with Gasteiger partial charge < -0.3 is 5.32 Å². The van der Waals surface area contributed by atoms with Crippen LogP contribution in [0.5, 0.6) is 0 Å². The number of hydrogen-bond donors (Lipinski definition) is 1. The maximum Gasteiger partial charge on any atom is 0.228 e. The first-order valence-electron chi connectivity index (χ1n) is 8.35. The smallest absolute Gasteiger partial charge is 0.228 e. The Morgan fingerprint density at radius 2 is 1.54 bits per heavy atom. The predicted octanol–water partition coefficient (Wildman–Crippen LogP) is 5.07. The average molecular weight is 338 g/mol. The Kier molecular flexibility index (Phi) is 5.59. The second-order valence-electron chi connectivity index (χ2n) is 5.87. The number of allylic oxidation sites excluding steroid dienone is 1. The van der Waals surface area contributed by atoms with Crippen LogP contribution < -0.4 is 5.32 Å². The number of rotatable bonds is 5. The Bertz CT molecular complexity index is 934. The van der Waals surface area contributed by atoms with Gasteiger partial charge in [0, 0.05) is 11.8 Å². The van der Waals surface area contributed by atoms with Crippen LogP contribution in [0.4, 0.5) is 5.69 Å². The van der Waals surface area contributed by atoms with Gasteiger partial charge in [-0.2, -0.15) is 5.26 Å². The van der Waals surface area contributed by atoms with Gasteiger partial charge in [0.15, 0.2) is 0 Å². The van der Waals surface area contributed by atoms with E-state index in [1.807, 2.05) is 72.8 Å². The predicted molar refractivity (Wildman–Crippen MR) is 105 cm³/mol. The minimum atomic E-state index is -0.0576. The fourth-order valence-electron chi connectivity index (χ4n) is 2.65. The summed E-state index contributed by atoms with van der Waals surface area (Å²) in [7, 11) is 0. The molecule has 0 aliphatic carbocycles. The van der Waals surface area contributed by atoms with E-state index in [2.05, 4.69) is 17.4 Å². The lowest BCUT2D eigenvalue weighted by atomic mass is 10.0. The van der Waals surface area contributed by atoms with E-state index in [4.69, 9.17) is 5.26 Å². The van der Waals surface area contributed by atoms with Gasteiger partial charge in [0.25, 0.3) is 0 Å². The van der Waals surface area contributed by atoms with Crippen molar-refractivity contribution in [3.8, 4) is 17.2 Å². The molecule has 0 aliphatic heterocycles. The van der Waals surface area contributed by atoms with Crippen LogP contribution in [0.1, 0.15) is 11.1 Å². The Morgan fingerprint density at radius 1 is 0.885 bits per heavy atom. The van der Waals surface area contributed by atoms with E-state index in [-0.39, 0.29) is 5.91 Å². The summed E-state index contributed by atoms with van der Waals surface area (Å²) in [6, 6.07) is 27.5. The molecule has 0 atom stereocenters. The van der Waals surface area contributed by atoms with Gasteiger partial charge in [0.1, 0.15) is 0 Å². The SMILES string of the molecule is N#C/C=C/c1ccc(NC(=O)Cc2ccc(-c3ccccc3)cc2)cc1. The van der Waals surface area contributed by atoms with Crippen molar-refractivity contribution < 1.29 is 4.79 Å². The first kappa shape index (κ1) is 17.2. The molecule has 0 radical (unpaired) electrons. The zero-order chi connectivity index (χ0) is 18.2. The average Bonchev–Trinajstić information content (AvgIpc) is 2.69. The molecular formula is C23H18N2O. The largest absolute Gasteiger partial charge is 0.326 e. The van der Waals surface area contributed by atoms with Gasteiger partial charge in [0.2, 0.25) is 5.91 Å². The Morgan fingerprint density at radius 3 is 2.19 bits per heavy atom. The second kappa shape index (κ2) is 8.46. The fourth-order valence-corrected chi connectivity index (χ4v) is 2.65. The minimum Gasteiger partial charge on any atom is -0.326 e. The van der Waals surface area contributed by atoms with Gasteiger partial charge in [-0.3, -0.25) is 4.79 Å². The lowest BCUT2D eigenvalue weighted by Gasteiger charge is -2.07. The maximum absolute atomic E-state index is 12.2. The molecule has 3 rings (SSSR count). The van der Waals surface area contributed by atoms with Crippen molar-refractivity contribution in [2.24, 2.45) is 0 Å². The molecule has 0 aliphatic rings. The molecule has 0 saturated heterocycles. The number of nitrogens with zero attached hydrogens (tertiary/aromatic N) is 1. The third-order valence-electron chi connectivity index (χ3n) is 3.97. The molecule has 0 bridgehead atoms. The monoisotopic (exact) mass is 338 g/mol. The van der Waals surface area contributed by atoms with Crippen molar-refractivity contribution in [1.29, 1.82) is 5.26 Å². The molecule has 3 heteroatoms. The van der Waals surface area contributed by atoms with Crippen LogP contribution in [0.3, 0.4) is 0 Å². The Balaban J connectivity index is 1.60. The quantitative estimate of drug-likeness (QED) is 0.660. The van der Waals surface area contributed by atoms with Gasteiger partial charge in [-0.05, 0) is 40.5 Å². The summed E-state index contributed by atoms with van der Waals surface area (Å²) in [5.41, 5.74) is 4.92. The first-order valence-corrected chi connectivity index (χ1v) is 8.35. The molecule has 0 fully saturated rings. The van der Waals surface area contributed by atoms with Gasteiger partial charge >= 0.3 is 0 Å². The molecule has 0 aromatic heterocycles. The number of amides is 1. The van der Waals surface area contributed by atoms with Crippen LogP contribution in [0.25, 0.3) is 17.2 Å². The van der Waals surface area contributed by atoms with E-state index < -0.39 is 0 Å². The highest BCUT2D eigenvalue weighted by atomic mass is 16.1. The van der Waals surface area contributed by atoms with Crippen molar-refractivity contribution in [1.82, 2.24) is 0 Å². The van der Waals surface area contributed by atoms with Crippen molar-refractivity contribution in [2.45, 2.75) is 6.42 Å². The van der Waals surface area contributed by atoms with Crippen molar-refractivity contribution >= 4 is 17.7 Å². The first-order chi connectivity index (χ1) is 12.7. The van der Waals surface area contributed by atoms with Gasteiger partial charge in [-0.25, -0.2) is 0 Å². The van der Waals surface area contributed by atoms with Crippen molar-refractivity contribution in [3.63, 3.8) is 0 Å². The van der Waals surface area contributed by atoms with E-state index in [1.54, 1.807) is 6.08 Å². The summed E-state index contributed by atoms with van der Waals surface area (Å²) >= 11 is 0. The summed E-state index contributed by atoms with van der Waals surface area (Å²) in [6.45, 7) is 0. The molecule has 1 N–H and O–H groups in total. The number of nitriles is 1. The lowest BCUT2D eigenvalue weighted by Crippen LogP contribution is -2.14. The van der Waals surface area contributed by atoms with E-state index in [0.717, 1.165) is 27.9 Å². The number of nitrogens with one attached hydrogen (secondary N) is 1. The fraction of sp³-hybridized carbons (Fsp3) is 0.0435. The number of carbonyl (C=O) groups excluding carboxylic acids is 1. The highest BCUT2D eigenvalue weighted by molar-refractivity contribution is 5.92. The summed E-state index contributed by atoms with van der Waals surface area (Å²) in [6.07, 6.45) is 3.47. The molecule has 0 saturated carbocycles. The summed E-state index contributed by atoms with van der Waals surface area (Å²) in [5, 5.41) is 11.4. The topological polar surface area (TPSA) is 52.9 Å². The highest BCUT2D eigenvalue weighted by Gasteiger charge is 2.05. The molecule has 3 aromatic carbocycles. The van der Waals surface area contributed by atoms with Crippen molar-refractivity contribution in [2.75, 3.05) is 5.32 Å². The molecule has 1 amide bonds. The maximum atomic E-state index is 12.2. The summed E-state index contributed by atoms with van der Waals surface area (Å²) < 4.78 is 0. The van der Waals surface area contributed by atoms with Crippen LogP contribution in [0, 0.1) is 11.3 Å². The van der Waals surface area contributed by atoms with E-state index in [1.165, 1.54) is 6.08 Å². The third kappa shape index (κ3) is 4.68. The van der Waals surface area contributed by atoms with Crippen molar-refractivity contribution in [3.05, 3.63) is 96.1 Å². The molecule has 26 heavy (non-hydrogen) atoms. The second-order valence-corrected chi connectivity index (χ2v) is 5.87. The van der Waals surface area contributed by atoms with Gasteiger partial charge in [-0.1, -0.05) is 66.7 Å². The summed E-state index contributed by atoms with van der Waals surface area (Å²) in [4.78, 5) is 12.2. The minimum absolute atomic E-state index is 0.0576. The summed E-state index contributed by atoms with van der Waals surface area (Å²) in [5.74, 6) is -0.0576. The Hall–Kier alpha value is -3.64. The molecule has 3 nitrogen and oxygen atoms in total. The third-order valence-corrected chi connectivity index (χ3v) is 3.97. The van der Waals surface area contributed by atoms with Crippen LogP contribution >= 0.6 is 0 Å². The van der Waals surface area contributed by atoms with E-state index >= 15 is 0 Å². The highest BCUT2D eigenvalue weighted by Crippen LogP contribution is 2.19. The zero-order valence-corrected chi connectivity index (χ0v) is 14.2. The standard InChI is InChI=1S/C23H18N2O/c24-16-4-5-18-10-14-22(15-11-18)25-23(26)17-19-8-12-21(13-9-19)20-6-2-1-3-7-20/h1-15H,17H2,(H,25,26)/b5-4+. The van der Waals surface area contributed by atoms with Crippen LogP contribution in [0.15, 0.2) is 84.9 Å². The van der Waals surface area contributed by atoms with Gasteiger partial charge in [-0.15, -0.1) is 0 Å². The van der Waals surface area contributed by atoms with E-state index in [0.29, 0.717) is 6.42 Å². The molecule has 0 unspecified atom stereocenters. The van der Waals surface area contributed by atoms with Crippen LogP contribution in [-0.2, 0) is 11.2 Å². The molecule has 3 aromatic rings. The van der Waals surface area contributed by atoms with Crippen LogP contribution in [0.2, 0.25) is 0 Å². The molecule has 0 spiro atoms. The molecule has 0 heterocycles. The van der Waals surface area contributed by atoms with Crippen LogP contribution in [-0.4, -0.2) is 5.91 Å². The number of carbonyl (C=O) groups is 1.